The fraction of sp³-hybridized carbons (Fsp3) is 0.316. The zero-order valence-corrected chi connectivity index (χ0v) is 16.3. The molecule has 0 radical (unpaired) electrons. The van der Waals surface area contributed by atoms with E-state index in [0.29, 0.717) is 11.3 Å². The first kappa shape index (κ1) is 19.0. The minimum atomic E-state index is -3.40. The Labute approximate surface area is 149 Å². The van der Waals surface area contributed by atoms with Gasteiger partial charge in [-0.05, 0) is 56.5 Å². The Morgan fingerprint density at radius 2 is 1.52 bits per heavy atom. The third-order valence-corrected chi connectivity index (χ3v) is 5.42. The summed E-state index contributed by atoms with van der Waals surface area (Å²) < 4.78 is 24.8. The molecule has 0 aliphatic carbocycles. The highest BCUT2D eigenvalue weighted by Gasteiger charge is 2.17. The van der Waals surface area contributed by atoms with Gasteiger partial charge in [-0.1, -0.05) is 23.8 Å². The lowest BCUT2D eigenvalue weighted by Crippen LogP contribution is -2.26. The smallest absolute Gasteiger partial charge is 0.255 e. The van der Waals surface area contributed by atoms with Crippen LogP contribution in [0.25, 0.3) is 0 Å². The van der Waals surface area contributed by atoms with Crippen LogP contribution in [0.5, 0.6) is 0 Å². The average molecular weight is 360 g/mol. The second-order valence-electron chi connectivity index (χ2n) is 6.46. The van der Waals surface area contributed by atoms with Gasteiger partial charge >= 0.3 is 0 Å². The zero-order chi connectivity index (χ0) is 18.9. The number of nitrogens with one attached hydrogen (secondary N) is 1. The Hall–Kier alpha value is -2.34. The van der Waals surface area contributed by atoms with Crippen molar-refractivity contribution in [3.63, 3.8) is 0 Å². The van der Waals surface area contributed by atoms with Gasteiger partial charge < -0.3 is 5.32 Å². The molecule has 134 valence electrons. The summed E-state index contributed by atoms with van der Waals surface area (Å²) >= 11 is 0. The summed E-state index contributed by atoms with van der Waals surface area (Å²) in [7, 11) is -1.92. The third-order valence-electron chi connectivity index (χ3n) is 4.22. The van der Waals surface area contributed by atoms with E-state index in [-0.39, 0.29) is 5.91 Å². The Morgan fingerprint density at radius 3 is 2.04 bits per heavy atom. The molecule has 1 amide bonds. The number of rotatable bonds is 4. The SMILES string of the molecule is Cc1cc(C)c(NC(=O)c2ccc(C)c(N(C)S(C)(=O)=O)c2)c(C)c1. The first-order chi connectivity index (χ1) is 11.5. The molecule has 5 nitrogen and oxygen atoms in total. The van der Waals surface area contributed by atoms with Crippen molar-refractivity contribution in [2.24, 2.45) is 0 Å². The van der Waals surface area contributed by atoms with Gasteiger partial charge in [-0.15, -0.1) is 0 Å². The summed E-state index contributed by atoms with van der Waals surface area (Å²) in [5, 5.41) is 2.94. The van der Waals surface area contributed by atoms with Crippen molar-refractivity contribution in [2.45, 2.75) is 27.7 Å². The number of carbonyl (C=O) groups excluding carboxylic acids is 1. The van der Waals surface area contributed by atoms with Crippen molar-refractivity contribution in [2.75, 3.05) is 22.9 Å². The molecule has 1 N–H and O–H groups in total. The van der Waals surface area contributed by atoms with E-state index in [1.165, 1.54) is 11.4 Å². The summed E-state index contributed by atoms with van der Waals surface area (Å²) in [6.45, 7) is 7.73. The van der Waals surface area contributed by atoms with Crippen molar-refractivity contribution in [1.82, 2.24) is 0 Å². The van der Waals surface area contributed by atoms with Gasteiger partial charge in [0.2, 0.25) is 10.0 Å². The number of sulfonamides is 1. The Kier molecular flexibility index (Phi) is 5.23. The van der Waals surface area contributed by atoms with E-state index >= 15 is 0 Å². The van der Waals surface area contributed by atoms with Crippen molar-refractivity contribution in [1.29, 1.82) is 0 Å². The molecule has 2 aromatic carbocycles. The molecule has 0 heterocycles. The Balaban J connectivity index is 2.38. The number of amides is 1. The molecule has 0 saturated carbocycles. The zero-order valence-electron chi connectivity index (χ0n) is 15.5. The van der Waals surface area contributed by atoms with Gasteiger partial charge in [-0.25, -0.2) is 8.42 Å². The van der Waals surface area contributed by atoms with E-state index < -0.39 is 10.0 Å². The fourth-order valence-corrected chi connectivity index (χ4v) is 3.39. The summed E-state index contributed by atoms with van der Waals surface area (Å²) in [4.78, 5) is 12.7. The molecule has 0 spiro atoms. The highest BCUT2D eigenvalue weighted by atomic mass is 32.2. The molecule has 0 fully saturated rings. The summed E-state index contributed by atoms with van der Waals surface area (Å²) in [6.07, 6.45) is 1.14. The average Bonchev–Trinajstić information content (AvgIpc) is 2.49. The van der Waals surface area contributed by atoms with Crippen molar-refractivity contribution in [3.05, 3.63) is 58.1 Å². The predicted molar refractivity (Wildman–Crippen MR) is 103 cm³/mol. The molecule has 0 saturated heterocycles. The van der Waals surface area contributed by atoms with Gasteiger partial charge in [-0.3, -0.25) is 9.10 Å². The number of hydrogen-bond acceptors (Lipinski definition) is 3. The monoisotopic (exact) mass is 360 g/mol. The quantitative estimate of drug-likeness (QED) is 0.906. The Bertz CT molecular complexity index is 911. The van der Waals surface area contributed by atoms with Gasteiger partial charge in [0.15, 0.2) is 0 Å². The van der Waals surface area contributed by atoms with Crippen LogP contribution < -0.4 is 9.62 Å². The number of anilines is 2. The minimum absolute atomic E-state index is 0.266. The molecule has 0 aromatic heterocycles. The first-order valence-electron chi connectivity index (χ1n) is 7.94. The maximum Gasteiger partial charge on any atom is 0.255 e. The third kappa shape index (κ3) is 4.20. The number of benzene rings is 2. The molecule has 0 unspecified atom stereocenters. The molecule has 6 heteroatoms. The number of nitrogens with zero attached hydrogens (tertiary/aromatic N) is 1. The highest BCUT2D eigenvalue weighted by Crippen LogP contribution is 2.25. The van der Waals surface area contributed by atoms with Crippen LogP contribution in [0.2, 0.25) is 0 Å². The fourth-order valence-electron chi connectivity index (χ4n) is 2.83. The van der Waals surface area contributed by atoms with Crippen LogP contribution in [-0.2, 0) is 10.0 Å². The summed E-state index contributed by atoms with van der Waals surface area (Å²) in [6, 6.07) is 9.08. The number of carbonyl (C=O) groups is 1. The van der Waals surface area contributed by atoms with Crippen molar-refractivity contribution < 1.29 is 13.2 Å². The molecular formula is C19H24N2O3S. The van der Waals surface area contributed by atoms with E-state index in [9.17, 15) is 13.2 Å². The predicted octanol–water partition coefficient (Wildman–Crippen LogP) is 3.57. The molecular weight excluding hydrogens is 336 g/mol. The van der Waals surface area contributed by atoms with Crippen LogP contribution in [0.1, 0.15) is 32.6 Å². The maximum atomic E-state index is 12.7. The molecule has 2 aromatic rings. The van der Waals surface area contributed by atoms with E-state index in [1.807, 2.05) is 39.8 Å². The van der Waals surface area contributed by atoms with Crippen molar-refractivity contribution >= 4 is 27.3 Å². The van der Waals surface area contributed by atoms with Crippen LogP contribution in [0.15, 0.2) is 30.3 Å². The van der Waals surface area contributed by atoms with E-state index in [4.69, 9.17) is 0 Å². The molecule has 0 atom stereocenters. The number of aryl methyl sites for hydroxylation is 4. The molecule has 0 aliphatic heterocycles. The van der Waals surface area contributed by atoms with E-state index in [2.05, 4.69) is 5.32 Å². The van der Waals surface area contributed by atoms with E-state index in [0.717, 1.165) is 34.2 Å². The van der Waals surface area contributed by atoms with Gasteiger partial charge in [0.05, 0.1) is 11.9 Å². The summed E-state index contributed by atoms with van der Waals surface area (Å²) in [5.41, 5.74) is 5.60. The standard InChI is InChI=1S/C19H24N2O3S/c1-12-9-14(3)18(15(4)10-12)20-19(22)16-8-7-13(2)17(11-16)21(5)25(6,23)24/h7-11H,1-6H3,(H,20,22). The van der Waals surface area contributed by atoms with Gasteiger partial charge in [0.25, 0.3) is 5.91 Å². The van der Waals surface area contributed by atoms with Crippen LogP contribution in [-0.4, -0.2) is 27.6 Å². The lowest BCUT2D eigenvalue weighted by atomic mass is 10.0. The number of hydrogen-bond donors (Lipinski definition) is 1. The molecule has 0 bridgehead atoms. The molecule has 25 heavy (non-hydrogen) atoms. The maximum absolute atomic E-state index is 12.7. The van der Waals surface area contributed by atoms with E-state index in [1.54, 1.807) is 18.2 Å². The topological polar surface area (TPSA) is 66.5 Å². The van der Waals surface area contributed by atoms with Crippen molar-refractivity contribution in [3.8, 4) is 0 Å². The normalized spacial score (nSPS) is 11.3. The van der Waals surface area contributed by atoms with Gasteiger partial charge in [0, 0.05) is 18.3 Å². The summed E-state index contributed by atoms with van der Waals surface area (Å²) in [5.74, 6) is -0.266. The van der Waals surface area contributed by atoms with Crippen LogP contribution in [0, 0.1) is 27.7 Å². The lowest BCUT2D eigenvalue weighted by molar-refractivity contribution is 0.102. The second kappa shape index (κ2) is 6.88. The van der Waals surface area contributed by atoms with Crippen LogP contribution >= 0.6 is 0 Å². The first-order valence-corrected chi connectivity index (χ1v) is 9.79. The van der Waals surface area contributed by atoms with Crippen LogP contribution in [0.3, 0.4) is 0 Å². The Morgan fingerprint density at radius 1 is 0.960 bits per heavy atom. The second-order valence-corrected chi connectivity index (χ2v) is 8.47. The largest absolute Gasteiger partial charge is 0.322 e. The molecule has 2 rings (SSSR count). The van der Waals surface area contributed by atoms with Crippen LogP contribution in [0.4, 0.5) is 11.4 Å². The molecule has 0 aliphatic rings. The highest BCUT2D eigenvalue weighted by molar-refractivity contribution is 7.92. The minimum Gasteiger partial charge on any atom is -0.322 e. The van der Waals surface area contributed by atoms with Gasteiger partial charge in [0.1, 0.15) is 0 Å². The van der Waals surface area contributed by atoms with Gasteiger partial charge in [-0.2, -0.15) is 0 Å². The lowest BCUT2D eigenvalue weighted by Gasteiger charge is -2.20.